The van der Waals surface area contributed by atoms with E-state index in [1.165, 1.54) is 36.1 Å². The Morgan fingerprint density at radius 1 is 1.07 bits per heavy atom. The van der Waals surface area contributed by atoms with E-state index in [1.807, 2.05) is 29.6 Å². The van der Waals surface area contributed by atoms with Gasteiger partial charge in [-0.1, -0.05) is 29.8 Å². The van der Waals surface area contributed by atoms with Gasteiger partial charge in [0.25, 0.3) is 0 Å². The first-order valence-electron chi connectivity index (χ1n) is 12.3. The SMILES string of the molecule is CS(=O)(=O)CCNCc1nc(-c2ccc3ncnc(Nc4ccc(OCc5cccc(F)c5)c(Cl)c4)c3c2)cs1.Cl. The Morgan fingerprint density at radius 3 is 2.71 bits per heavy atom. The van der Waals surface area contributed by atoms with Crippen LogP contribution in [0.2, 0.25) is 5.02 Å². The maximum atomic E-state index is 13.4. The van der Waals surface area contributed by atoms with E-state index in [1.54, 1.807) is 24.3 Å². The Balaban J connectivity index is 0.00000387. The summed E-state index contributed by atoms with van der Waals surface area (Å²) in [7, 11) is -3.01. The average Bonchev–Trinajstić information content (AvgIpc) is 3.39. The first-order chi connectivity index (χ1) is 19.2. The van der Waals surface area contributed by atoms with Crippen molar-refractivity contribution in [2.75, 3.05) is 23.9 Å². The normalized spacial score (nSPS) is 11.3. The van der Waals surface area contributed by atoms with Crippen molar-refractivity contribution in [2.45, 2.75) is 13.2 Å². The molecule has 13 heteroatoms. The van der Waals surface area contributed by atoms with Gasteiger partial charge < -0.3 is 15.4 Å². The summed E-state index contributed by atoms with van der Waals surface area (Å²) in [5, 5.41) is 10.5. The molecule has 0 aliphatic carbocycles. The van der Waals surface area contributed by atoms with Gasteiger partial charge in [0, 0.05) is 41.4 Å². The molecule has 8 nitrogen and oxygen atoms in total. The number of fused-ring (bicyclic) bond motifs is 1. The first kappa shape index (κ1) is 30.6. The summed E-state index contributed by atoms with van der Waals surface area (Å²) < 4.78 is 41.8. The van der Waals surface area contributed by atoms with Gasteiger partial charge in [0.15, 0.2) is 0 Å². The predicted octanol–water partition coefficient (Wildman–Crippen LogP) is 6.42. The van der Waals surface area contributed by atoms with Crippen molar-refractivity contribution >= 4 is 67.6 Å². The monoisotopic (exact) mass is 633 g/mol. The number of hydrogen-bond acceptors (Lipinski definition) is 9. The highest BCUT2D eigenvalue weighted by Crippen LogP contribution is 2.32. The fourth-order valence-corrected chi connectivity index (χ4v) is 5.44. The molecule has 0 fully saturated rings. The fraction of sp³-hybridized carbons (Fsp3) is 0.179. The number of anilines is 2. The molecule has 5 aromatic rings. The molecule has 0 radical (unpaired) electrons. The molecule has 2 heterocycles. The Labute approximate surface area is 252 Å². The van der Waals surface area contributed by atoms with Crippen molar-refractivity contribution < 1.29 is 17.5 Å². The second kappa shape index (κ2) is 13.5. The second-order valence-corrected chi connectivity index (χ2v) is 12.7. The lowest BCUT2D eigenvalue weighted by Crippen LogP contribution is -2.21. The number of sulfone groups is 1. The van der Waals surface area contributed by atoms with E-state index in [-0.39, 0.29) is 30.6 Å². The molecule has 2 N–H and O–H groups in total. The molecular weight excluding hydrogens is 608 g/mol. The standard InChI is InChI=1S/C28H25ClFN5O3S2.ClH/c1-40(36,37)10-9-31-14-27-35-25(16-39-27)19-5-7-24-22(12-19)28(33-17-32-24)34-21-6-8-26(23(29)13-21)38-15-18-3-2-4-20(30)11-18;/h2-8,11-13,16-17,31H,9-10,14-15H2,1H3,(H,32,33,34);1H. The minimum absolute atomic E-state index is 0. The molecule has 0 amide bonds. The van der Waals surface area contributed by atoms with Crippen LogP contribution in [0.1, 0.15) is 10.6 Å². The van der Waals surface area contributed by atoms with E-state index >= 15 is 0 Å². The summed E-state index contributed by atoms with van der Waals surface area (Å²) in [5.74, 6) is 0.855. The smallest absolute Gasteiger partial charge is 0.148 e. The van der Waals surface area contributed by atoms with Crippen molar-refractivity contribution in [2.24, 2.45) is 0 Å². The largest absolute Gasteiger partial charge is 0.487 e. The molecule has 0 saturated heterocycles. The third-order valence-corrected chi connectivity index (χ3v) is 7.98. The minimum Gasteiger partial charge on any atom is -0.487 e. The zero-order valence-electron chi connectivity index (χ0n) is 21.8. The van der Waals surface area contributed by atoms with Crippen LogP contribution in [0.3, 0.4) is 0 Å². The van der Waals surface area contributed by atoms with Gasteiger partial charge in [0.1, 0.15) is 45.2 Å². The van der Waals surface area contributed by atoms with Crippen LogP contribution in [0.4, 0.5) is 15.9 Å². The molecule has 0 aliphatic rings. The third kappa shape index (κ3) is 8.34. The van der Waals surface area contributed by atoms with Crippen molar-refractivity contribution in [1.29, 1.82) is 0 Å². The summed E-state index contributed by atoms with van der Waals surface area (Å²) in [4.78, 5) is 13.5. The van der Waals surface area contributed by atoms with E-state index < -0.39 is 9.84 Å². The van der Waals surface area contributed by atoms with Gasteiger partial charge in [-0.3, -0.25) is 0 Å². The number of aromatic nitrogens is 3. The summed E-state index contributed by atoms with van der Waals surface area (Å²) in [6.45, 7) is 1.06. The van der Waals surface area contributed by atoms with Crippen LogP contribution in [0.5, 0.6) is 5.75 Å². The summed E-state index contributed by atoms with van der Waals surface area (Å²) in [6.07, 6.45) is 2.71. The van der Waals surface area contributed by atoms with Gasteiger partial charge in [-0.25, -0.2) is 27.8 Å². The molecule has 3 aromatic carbocycles. The average molecular weight is 635 g/mol. The lowest BCUT2D eigenvalue weighted by Gasteiger charge is -2.12. The van der Waals surface area contributed by atoms with Crippen LogP contribution in [0.15, 0.2) is 72.4 Å². The molecule has 0 saturated carbocycles. The van der Waals surface area contributed by atoms with Gasteiger partial charge in [-0.05, 0) is 48.0 Å². The number of hydrogen-bond donors (Lipinski definition) is 2. The van der Waals surface area contributed by atoms with E-state index in [0.29, 0.717) is 40.9 Å². The summed E-state index contributed by atoms with van der Waals surface area (Å²) in [6, 6.07) is 17.4. The van der Waals surface area contributed by atoms with E-state index in [2.05, 4.69) is 20.6 Å². The number of nitrogens with one attached hydrogen (secondary N) is 2. The Morgan fingerprint density at radius 2 is 1.93 bits per heavy atom. The van der Waals surface area contributed by atoms with Crippen LogP contribution in [-0.2, 0) is 23.0 Å². The molecule has 0 aliphatic heterocycles. The van der Waals surface area contributed by atoms with Crippen LogP contribution in [-0.4, -0.2) is 41.9 Å². The van der Waals surface area contributed by atoms with E-state index in [9.17, 15) is 12.8 Å². The van der Waals surface area contributed by atoms with Crippen LogP contribution >= 0.6 is 35.3 Å². The molecule has 0 bridgehead atoms. The van der Waals surface area contributed by atoms with E-state index in [0.717, 1.165) is 27.2 Å². The van der Waals surface area contributed by atoms with Gasteiger partial charge in [0.2, 0.25) is 0 Å². The van der Waals surface area contributed by atoms with Gasteiger partial charge in [0.05, 0.1) is 22.0 Å². The number of nitrogens with zero attached hydrogens (tertiary/aromatic N) is 3. The zero-order chi connectivity index (χ0) is 28.1. The molecule has 41 heavy (non-hydrogen) atoms. The highest BCUT2D eigenvalue weighted by atomic mass is 35.5. The Kier molecular flexibility index (Phi) is 10.1. The molecule has 0 atom stereocenters. The summed E-state index contributed by atoms with van der Waals surface area (Å²) >= 11 is 7.98. The molecular formula is C28H26Cl2FN5O3S2. The van der Waals surface area contributed by atoms with Crippen LogP contribution in [0, 0.1) is 5.82 Å². The molecule has 0 spiro atoms. The maximum Gasteiger partial charge on any atom is 0.148 e. The molecule has 0 unspecified atom stereocenters. The van der Waals surface area contributed by atoms with Crippen molar-refractivity contribution in [3.05, 3.63) is 93.8 Å². The number of halogens is 3. The van der Waals surface area contributed by atoms with Crippen molar-refractivity contribution in [1.82, 2.24) is 20.3 Å². The van der Waals surface area contributed by atoms with Gasteiger partial charge >= 0.3 is 0 Å². The lowest BCUT2D eigenvalue weighted by molar-refractivity contribution is 0.306. The highest BCUT2D eigenvalue weighted by Gasteiger charge is 2.11. The highest BCUT2D eigenvalue weighted by molar-refractivity contribution is 7.90. The van der Waals surface area contributed by atoms with Crippen LogP contribution < -0.4 is 15.4 Å². The number of benzene rings is 3. The number of ether oxygens (including phenoxy) is 1. The number of rotatable bonds is 11. The van der Waals surface area contributed by atoms with Crippen molar-refractivity contribution in [3.8, 4) is 17.0 Å². The quantitative estimate of drug-likeness (QED) is 0.160. The topological polar surface area (TPSA) is 106 Å². The summed E-state index contributed by atoms with van der Waals surface area (Å²) in [5.41, 5.74) is 3.90. The minimum atomic E-state index is -3.01. The van der Waals surface area contributed by atoms with Gasteiger partial charge in [-0.2, -0.15) is 0 Å². The van der Waals surface area contributed by atoms with Gasteiger partial charge in [-0.15, -0.1) is 23.7 Å². The lowest BCUT2D eigenvalue weighted by atomic mass is 10.1. The zero-order valence-corrected chi connectivity index (χ0v) is 25.0. The maximum absolute atomic E-state index is 13.4. The van der Waals surface area contributed by atoms with Crippen LogP contribution in [0.25, 0.3) is 22.2 Å². The predicted molar refractivity (Wildman–Crippen MR) is 165 cm³/mol. The molecule has 2 aromatic heterocycles. The second-order valence-electron chi connectivity index (χ2n) is 9.08. The Bertz CT molecular complexity index is 1770. The van der Waals surface area contributed by atoms with Crippen molar-refractivity contribution in [3.63, 3.8) is 0 Å². The third-order valence-electron chi connectivity index (χ3n) is 5.89. The molecule has 5 rings (SSSR count). The van der Waals surface area contributed by atoms with E-state index in [4.69, 9.17) is 21.3 Å². The molecule has 214 valence electrons. The number of thiazole rings is 1. The fourth-order valence-electron chi connectivity index (χ4n) is 3.91. The Hall–Kier alpha value is -3.35. The first-order valence-corrected chi connectivity index (χ1v) is 15.6.